The number of aromatic amines is 1. The molecule has 0 unspecified atom stereocenters. The van der Waals surface area contributed by atoms with Crippen LogP contribution in [0.3, 0.4) is 0 Å². The molecule has 3 aromatic heterocycles. The topological polar surface area (TPSA) is 92.7 Å². The van der Waals surface area contributed by atoms with E-state index < -0.39 is 0 Å². The van der Waals surface area contributed by atoms with Gasteiger partial charge in [-0.15, -0.1) is 11.3 Å². The standard InChI is InChI=1S/C17H13N5O2S/c23-16(19-12-4-3-11-9-18-20-14(11)8-12)10-22-17(24)6-5-13(21-22)15-2-1-7-25-15/h1-9H,10H2,(H,18,20)(H,19,23). The second-order valence-electron chi connectivity index (χ2n) is 5.41. The number of hydrogen-bond donors (Lipinski definition) is 2. The number of amides is 1. The molecular formula is C17H13N5O2S. The molecule has 0 atom stereocenters. The van der Waals surface area contributed by atoms with Crippen molar-refractivity contribution in [2.75, 3.05) is 5.32 Å². The zero-order valence-corrected chi connectivity index (χ0v) is 13.8. The maximum Gasteiger partial charge on any atom is 0.267 e. The molecule has 0 radical (unpaired) electrons. The molecule has 0 saturated carbocycles. The molecule has 2 N–H and O–H groups in total. The van der Waals surface area contributed by atoms with Gasteiger partial charge in [-0.2, -0.15) is 10.2 Å². The molecule has 0 saturated heterocycles. The predicted molar refractivity (Wildman–Crippen MR) is 96.5 cm³/mol. The summed E-state index contributed by atoms with van der Waals surface area (Å²) in [5.41, 5.74) is 1.80. The second kappa shape index (κ2) is 6.33. The monoisotopic (exact) mass is 351 g/mol. The quantitative estimate of drug-likeness (QED) is 0.591. The van der Waals surface area contributed by atoms with Crippen LogP contribution in [0.5, 0.6) is 0 Å². The molecule has 4 aromatic rings. The minimum atomic E-state index is -0.322. The summed E-state index contributed by atoms with van der Waals surface area (Å²) in [7, 11) is 0. The van der Waals surface area contributed by atoms with Crippen LogP contribution in [0.2, 0.25) is 0 Å². The number of nitrogens with zero attached hydrogens (tertiary/aromatic N) is 3. The Bertz CT molecular complexity index is 1100. The van der Waals surface area contributed by atoms with E-state index in [4.69, 9.17) is 0 Å². The van der Waals surface area contributed by atoms with Crippen molar-refractivity contribution in [2.24, 2.45) is 0 Å². The van der Waals surface area contributed by atoms with E-state index in [-0.39, 0.29) is 18.0 Å². The Morgan fingerprint density at radius 3 is 3.00 bits per heavy atom. The Morgan fingerprint density at radius 1 is 1.24 bits per heavy atom. The van der Waals surface area contributed by atoms with Crippen molar-refractivity contribution in [3.05, 3.63) is 64.4 Å². The van der Waals surface area contributed by atoms with Crippen LogP contribution in [0.4, 0.5) is 5.69 Å². The van der Waals surface area contributed by atoms with Gasteiger partial charge in [0.25, 0.3) is 5.56 Å². The molecule has 4 rings (SSSR count). The third-order valence-electron chi connectivity index (χ3n) is 3.66. The Hall–Kier alpha value is -3.26. The molecule has 1 amide bonds. The number of aromatic nitrogens is 4. The smallest absolute Gasteiger partial charge is 0.267 e. The average Bonchev–Trinajstić information content (AvgIpc) is 3.27. The minimum absolute atomic E-state index is 0.154. The van der Waals surface area contributed by atoms with Gasteiger partial charge in [-0.25, -0.2) is 4.68 Å². The van der Waals surface area contributed by atoms with Crippen molar-refractivity contribution in [1.29, 1.82) is 0 Å². The molecule has 0 bridgehead atoms. The van der Waals surface area contributed by atoms with Gasteiger partial charge in [-0.3, -0.25) is 14.7 Å². The Labute approximate surface area is 145 Å². The van der Waals surface area contributed by atoms with Crippen LogP contribution in [0.25, 0.3) is 21.5 Å². The number of thiophene rings is 1. The van der Waals surface area contributed by atoms with Crippen LogP contribution in [-0.4, -0.2) is 25.9 Å². The zero-order valence-electron chi connectivity index (χ0n) is 13.0. The number of carbonyl (C=O) groups is 1. The largest absolute Gasteiger partial charge is 0.324 e. The lowest BCUT2D eigenvalue weighted by molar-refractivity contribution is -0.117. The summed E-state index contributed by atoms with van der Waals surface area (Å²) >= 11 is 1.53. The lowest BCUT2D eigenvalue weighted by Gasteiger charge is -2.08. The van der Waals surface area contributed by atoms with E-state index in [1.165, 1.54) is 22.1 Å². The fraction of sp³-hybridized carbons (Fsp3) is 0.0588. The summed E-state index contributed by atoms with van der Waals surface area (Å²) in [6.07, 6.45) is 1.71. The van der Waals surface area contributed by atoms with E-state index in [9.17, 15) is 9.59 Å². The van der Waals surface area contributed by atoms with Crippen LogP contribution in [0, 0.1) is 0 Å². The molecule has 0 fully saturated rings. The van der Waals surface area contributed by atoms with Crippen molar-refractivity contribution >= 4 is 33.8 Å². The van der Waals surface area contributed by atoms with Crippen molar-refractivity contribution in [2.45, 2.75) is 6.54 Å². The lowest BCUT2D eigenvalue weighted by atomic mass is 10.2. The van der Waals surface area contributed by atoms with E-state index in [2.05, 4.69) is 20.6 Å². The van der Waals surface area contributed by atoms with Crippen molar-refractivity contribution in [3.63, 3.8) is 0 Å². The summed E-state index contributed by atoms with van der Waals surface area (Å²) in [5.74, 6) is -0.322. The highest BCUT2D eigenvalue weighted by Crippen LogP contribution is 2.21. The van der Waals surface area contributed by atoms with E-state index >= 15 is 0 Å². The maximum atomic E-state index is 12.3. The summed E-state index contributed by atoms with van der Waals surface area (Å²) in [6.45, 7) is -0.154. The lowest BCUT2D eigenvalue weighted by Crippen LogP contribution is -2.29. The molecule has 7 nitrogen and oxygen atoms in total. The fourth-order valence-corrected chi connectivity index (χ4v) is 3.16. The zero-order chi connectivity index (χ0) is 17.2. The summed E-state index contributed by atoms with van der Waals surface area (Å²) in [4.78, 5) is 25.2. The summed E-state index contributed by atoms with van der Waals surface area (Å²) in [5, 5.41) is 16.7. The van der Waals surface area contributed by atoms with Crippen molar-refractivity contribution in [3.8, 4) is 10.6 Å². The highest BCUT2D eigenvalue weighted by molar-refractivity contribution is 7.13. The van der Waals surface area contributed by atoms with Gasteiger partial charge in [0.1, 0.15) is 12.2 Å². The molecule has 0 aliphatic rings. The van der Waals surface area contributed by atoms with Crippen molar-refractivity contribution in [1.82, 2.24) is 20.0 Å². The average molecular weight is 351 g/mol. The van der Waals surface area contributed by atoms with Crippen LogP contribution in [0.1, 0.15) is 0 Å². The first-order valence-corrected chi connectivity index (χ1v) is 8.42. The van der Waals surface area contributed by atoms with Gasteiger partial charge in [0.2, 0.25) is 5.91 Å². The third kappa shape index (κ3) is 3.20. The number of H-pyrrole nitrogens is 1. The summed E-state index contributed by atoms with van der Waals surface area (Å²) in [6, 6.07) is 12.3. The van der Waals surface area contributed by atoms with Crippen molar-refractivity contribution < 1.29 is 4.79 Å². The molecule has 25 heavy (non-hydrogen) atoms. The number of rotatable bonds is 4. The number of carbonyl (C=O) groups excluding carboxylic acids is 1. The number of fused-ring (bicyclic) bond motifs is 1. The van der Waals surface area contributed by atoms with Crippen LogP contribution in [-0.2, 0) is 11.3 Å². The fourth-order valence-electron chi connectivity index (χ4n) is 2.47. The molecule has 0 spiro atoms. The molecule has 0 aliphatic heterocycles. The first-order valence-electron chi connectivity index (χ1n) is 7.54. The number of benzene rings is 1. The summed E-state index contributed by atoms with van der Waals surface area (Å²) < 4.78 is 1.17. The number of hydrogen-bond acceptors (Lipinski definition) is 5. The van der Waals surface area contributed by atoms with Crippen LogP contribution in [0.15, 0.2) is 58.8 Å². The highest BCUT2D eigenvalue weighted by atomic mass is 32.1. The second-order valence-corrected chi connectivity index (χ2v) is 6.36. The molecule has 3 heterocycles. The maximum absolute atomic E-state index is 12.3. The van der Waals surface area contributed by atoms with Gasteiger partial charge >= 0.3 is 0 Å². The minimum Gasteiger partial charge on any atom is -0.324 e. The predicted octanol–water partition coefficient (Wildman–Crippen LogP) is 2.49. The SMILES string of the molecule is O=C(Cn1nc(-c2cccs2)ccc1=O)Nc1ccc2cn[nH]c2c1. The van der Waals surface area contributed by atoms with Gasteiger partial charge < -0.3 is 5.32 Å². The van der Waals surface area contributed by atoms with Gasteiger partial charge in [-0.05, 0) is 35.7 Å². The Balaban J connectivity index is 1.54. The normalized spacial score (nSPS) is 10.9. The highest BCUT2D eigenvalue weighted by Gasteiger charge is 2.09. The van der Waals surface area contributed by atoms with Crippen LogP contribution < -0.4 is 10.9 Å². The third-order valence-corrected chi connectivity index (χ3v) is 4.55. The van der Waals surface area contributed by atoms with Gasteiger partial charge in [0, 0.05) is 17.1 Å². The van der Waals surface area contributed by atoms with E-state index in [1.807, 2.05) is 23.6 Å². The van der Waals surface area contributed by atoms with Gasteiger partial charge in [0.05, 0.1) is 16.6 Å². The van der Waals surface area contributed by atoms with Crippen LogP contribution >= 0.6 is 11.3 Å². The molecule has 8 heteroatoms. The first-order chi connectivity index (χ1) is 12.2. The molecule has 1 aromatic carbocycles. The number of nitrogens with one attached hydrogen (secondary N) is 2. The van der Waals surface area contributed by atoms with Gasteiger partial charge in [-0.1, -0.05) is 6.07 Å². The molecule has 0 aliphatic carbocycles. The Kier molecular flexibility index (Phi) is 3.87. The van der Waals surface area contributed by atoms with E-state index in [1.54, 1.807) is 24.4 Å². The van der Waals surface area contributed by atoms with Gasteiger partial charge in [0.15, 0.2) is 0 Å². The number of anilines is 1. The molecule has 124 valence electrons. The Morgan fingerprint density at radius 2 is 2.16 bits per heavy atom. The molecular weight excluding hydrogens is 338 g/mol. The van der Waals surface area contributed by atoms with E-state index in [0.717, 1.165) is 15.8 Å². The van der Waals surface area contributed by atoms with E-state index in [0.29, 0.717) is 11.4 Å². The first kappa shape index (κ1) is 15.3.